The van der Waals surface area contributed by atoms with Crippen molar-refractivity contribution < 1.29 is 52.3 Å². The molecule has 0 radical (unpaired) electrons. The topological polar surface area (TPSA) is 133 Å². The van der Waals surface area contributed by atoms with E-state index in [1.807, 2.05) is 36.4 Å². The lowest BCUT2D eigenvalue weighted by Crippen LogP contribution is -2.65. The minimum absolute atomic E-state index is 0.301. The molecule has 43 heavy (non-hydrogen) atoms. The lowest BCUT2D eigenvalue weighted by molar-refractivity contribution is -0.285. The summed E-state index contributed by atoms with van der Waals surface area (Å²) in [7, 11) is 0. The Labute approximate surface area is 250 Å². The summed E-state index contributed by atoms with van der Waals surface area (Å²) in [5.74, 6) is -1.21. The van der Waals surface area contributed by atoms with Crippen molar-refractivity contribution in [2.24, 2.45) is 0 Å². The van der Waals surface area contributed by atoms with Gasteiger partial charge in [-0.15, -0.1) is 0 Å². The van der Waals surface area contributed by atoms with Gasteiger partial charge in [-0.3, -0.25) is 19.2 Å². The Kier molecular flexibility index (Phi) is 9.95. The number of hydrogen-bond acceptors (Lipinski definition) is 11. The molecule has 4 rings (SSSR count). The first-order chi connectivity index (χ1) is 20.4. The largest absolute Gasteiger partial charge is 0.486 e. The average Bonchev–Trinajstić information content (AvgIpc) is 2.94. The Morgan fingerprint density at radius 2 is 1.44 bits per heavy atom. The third kappa shape index (κ3) is 7.45. The van der Waals surface area contributed by atoms with E-state index >= 15 is 0 Å². The van der Waals surface area contributed by atoms with E-state index in [1.165, 1.54) is 27.7 Å². The van der Waals surface area contributed by atoms with Gasteiger partial charge in [0.15, 0.2) is 29.8 Å². The number of ether oxygens (including phenoxy) is 7. The number of fused-ring (bicyclic) bond motifs is 1. The predicted octanol–water partition coefficient (Wildman–Crippen LogP) is 3.58. The zero-order valence-electron chi connectivity index (χ0n) is 25.3. The number of carbonyl (C=O) groups excluding carboxylic acids is 4. The molecule has 11 nitrogen and oxygen atoms in total. The first kappa shape index (κ1) is 31.8. The summed E-state index contributed by atoms with van der Waals surface area (Å²) in [6.07, 6.45) is -3.46. The Hall–Kier alpha value is -4.12. The van der Waals surface area contributed by atoms with Crippen LogP contribution in [0.25, 0.3) is 0 Å². The number of esters is 4. The minimum Gasteiger partial charge on any atom is -0.486 e. The highest BCUT2D eigenvalue weighted by Gasteiger charge is 2.58. The van der Waals surface area contributed by atoms with E-state index in [2.05, 4.69) is 6.92 Å². The second-order valence-electron chi connectivity index (χ2n) is 10.7. The van der Waals surface area contributed by atoms with Crippen molar-refractivity contribution in [3.63, 3.8) is 0 Å². The lowest BCUT2D eigenvalue weighted by atomic mass is 9.79. The van der Waals surface area contributed by atoms with Gasteiger partial charge in [0.2, 0.25) is 0 Å². The molecule has 0 saturated carbocycles. The van der Waals surface area contributed by atoms with Gasteiger partial charge in [-0.05, 0) is 54.2 Å². The molecule has 2 heterocycles. The van der Waals surface area contributed by atoms with Crippen molar-refractivity contribution in [2.75, 3.05) is 19.8 Å². The highest BCUT2D eigenvalue weighted by molar-refractivity contribution is 5.69. The molecule has 0 aliphatic carbocycles. The quantitative estimate of drug-likeness (QED) is 0.310. The molecule has 2 aliphatic heterocycles. The molecular formula is C32H38O11. The van der Waals surface area contributed by atoms with Gasteiger partial charge in [-0.2, -0.15) is 0 Å². The van der Waals surface area contributed by atoms with Gasteiger partial charge in [-0.1, -0.05) is 31.2 Å². The molecular weight excluding hydrogens is 560 g/mol. The minimum atomic E-state index is -1.42. The molecule has 0 spiro atoms. The number of hydrogen-bond donors (Lipinski definition) is 0. The monoisotopic (exact) mass is 598 g/mol. The van der Waals surface area contributed by atoms with E-state index in [0.29, 0.717) is 36.7 Å². The Bertz CT molecular complexity index is 1370. The summed E-state index contributed by atoms with van der Waals surface area (Å²) in [5, 5.41) is 0. The zero-order valence-corrected chi connectivity index (χ0v) is 25.3. The summed E-state index contributed by atoms with van der Waals surface area (Å²) in [4.78, 5) is 48.5. The van der Waals surface area contributed by atoms with Crippen LogP contribution < -0.4 is 9.47 Å². The van der Waals surface area contributed by atoms with Crippen LogP contribution >= 0.6 is 0 Å². The second-order valence-corrected chi connectivity index (χ2v) is 10.7. The van der Waals surface area contributed by atoms with Crippen LogP contribution in [0.15, 0.2) is 36.4 Å². The molecule has 5 atom stereocenters. The average molecular weight is 599 g/mol. The van der Waals surface area contributed by atoms with Crippen LogP contribution in [0.1, 0.15) is 63.8 Å². The SMILES string of the molecule is CCc1ccc([C@]2(C)O[C@H](COC(C)=O)[C@@H](OC(C)=O)[C@H](OC(C)=O)[C@H]2OC(C)=O)cc1Cc1ccc2c(c1)OCCO2. The van der Waals surface area contributed by atoms with E-state index in [-0.39, 0.29) is 6.61 Å². The highest BCUT2D eigenvalue weighted by atomic mass is 16.7. The maximum atomic E-state index is 12.4. The van der Waals surface area contributed by atoms with Crippen LogP contribution in [-0.2, 0) is 61.3 Å². The Morgan fingerprint density at radius 1 is 0.791 bits per heavy atom. The van der Waals surface area contributed by atoms with Gasteiger partial charge < -0.3 is 33.2 Å². The number of benzene rings is 2. The fourth-order valence-corrected chi connectivity index (χ4v) is 5.58. The van der Waals surface area contributed by atoms with Crippen molar-refractivity contribution in [3.05, 3.63) is 58.7 Å². The first-order valence-electron chi connectivity index (χ1n) is 14.2. The van der Waals surface area contributed by atoms with E-state index in [4.69, 9.17) is 33.2 Å². The lowest BCUT2D eigenvalue weighted by Gasteiger charge is -2.50. The van der Waals surface area contributed by atoms with Gasteiger partial charge in [0.1, 0.15) is 31.5 Å². The predicted molar refractivity (Wildman–Crippen MR) is 152 cm³/mol. The summed E-state index contributed by atoms with van der Waals surface area (Å²) < 4.78 is 40.2. The van der Waals surface area contributed by atoms with Crippen molar-refractivity contribution >= 4 is 23.9 Å². The molecule has 232 valence electrons. The van der Waals surface area contributed by atoms with E-state index < -0.39 is 53.9 Å². The van der Waals surface area contributed by atoms with Crippen LogP contribution in [0.3, 0.4) is 0 Å². The molecule has 1 fully saturated rings. The molecule has 2 aliphatic rings. The summed E-state index contributed by atoms with van der Waals surface area (Å²) in [6, 6.07) is 11.6. The van der Waals surface area contributed by atoms with Crippen molar-refractivity contribution in [1.82, 2.24) is 0 Å². The van der Waals surface area contributed by atoms with Crippen molar-refractivity contribution in [2.45, 2.75) is 84.4 Å². The summed E-state index contributed by atoms with van der Waals surface area (Å²) >= 11 is 0. The molecule has 2 aromatic rings. The molecule has 0 bridgehead atoms. The standard InChI is InChI=1S/C32H38O11/c1-7-23-9-10-25(16-24(23)14-22-8-11-26-27(15-22)38-13-12-37-26)32(6)31(42-21(5)36)30(41-20(4)35)29(40-19(3)34)28(43-32)17-39-18(2)33/h8-11,15-16,28-31H,7,12-14,17H2,1-6H3/t28-,29-,30+,31-,32+/m1/s1. The van der Waals surface area contributed by atoms with Gasteiger partial charge in [0, 0.05) is 27.7 Å². The highest BCUT2D eigenvalue weighted by Crippen LogP contribution is 2.43. The molecule has 0 amide bonds. The number of aryl methyl sites for hydroxylation is 1. The van der Waals surface area contributed by atoms with Crippen LogP contribution in [0, 0.1) is 0 Å². The van der Waals surface area contributed by atoms with E-state index in [0.717, 1.165) is 23.1 Å². The summed E-state index contributed by atoms with van der Waals surface area (Å²) in [5.41, 5.74) is 2.29. The van der Waals surface area contributed by atoms with Crippen LogP contribution in [0.5, 0.6) is 11.5 Å². The molecule has 2 aromatic carbocycles. The molecule has 11 heteroatoms. The Morgan fingerprint density at radius 3 is 2.07 bits per heavy atom. The second kappa shape index (κ2) is 13.5. The molecule has 1 saturated heterocycles. The van der Waals surface area contributed by atoms with Crippen molar-refractivity contribution in [1.29, 1.82) is 0 Å². The van der Waals surface area contributed by atoms with Crippen molar-refractivity contribution in [3.8, 4) is 11.5 Å². The van der Waals surface area contributed by atoms with Gasteiger partial charge in [0.25, 0.3) is 0 Å². The summed E-state index contributed by atoms with van der Waals surface area (Å²) in [6.45, 7) is 9.29. The van der Waals surface area contributed by atoms with Crippen LogP contribution in [0.4, 0.5) is 0 Å². The normalized spacial score (nSPS) is 24.4. The van der Waals surface area contributed by atoms with Gasteiger partial charge in [-0.25, -0.2) is 0 Å². The zero-order chi connectivity index (χ0) is 31.3. The van der Waals surface area contributed by atoms with E-state index in [9.17, 15) is 19.2 Å². The molecule has 0 unspecified atom stereocenters. The van der Waals surface area contributed by atoms with E-state index in [1.54, 1.807) is 6.92 Å². The fourth-order valence-electron chi connectivity index (χ4n) is 5.58. The van der Waals surface area contributed by atoms with Crippen LogP contribution in [-0.4, -0.2) is 68.1 Å². The Balaban J connectivity index is 1.80. The third-order valence-corrected chi connectivity index (χ3v) is 7.44. The van der Waals surface area contributed by atoms with Gasteiger partial charge in [0.05, 0.1) is 0 Å². The van der Waals surface area contributed by atoms with Crippen LogP contribution in [0.2, 0.25) is 0 Å². The number of carbonyl (C=O) groups is 4. The maximum absolute atomic E-state index is 12.4. The fraction of sp³-hybridized carbons (Fsp3) is 0.500. The van der Waals surface area contributed by atoms with Gasteiger partial charge >= 0.3 is 23.9 Å². The number of rotatable bonds is 9. The third-order valence-electron chi connectivity index (χ3n) is 7.44. The first-order valence-corrected chi connectivity index (χ1v) is 14.2. The smallest absolute Gasteiger partial charge is 0.303 e. The molecule has 0 aromatic heterocycles. The molecule has 0 N–H and O–H groups in total. The maximum Gasteiger partial charge on any atom is 0.303 e.